The molecule has 0 amide bonds. The quantitative estimate of drug-likeness (QED) is 0.311. The van der Waals surface area contributed by atoms with E-state index in [1.807, 2.05) is 0 Å². The third-order valence-corrected chi connectivity index (χ3v) is 6.93. The number of phenols is 2. The van der Waals surface area contributed by atoms with Gasteiger partial charge in [-0.1, -0.05) is 70.7 Å². The summed E-state index contributed by atoms with van der Waals surface area (Å²) in [5, 5.41) is 20.7. The molecule has 152 valence electrons. The van der Waals surface area contributed by atoms with Gasteiger partial charge in [0.25, 0.3) is 10.1 Å². The lowest BCUT2D eigenvalue weighted by atomic mass is 9.82. The number of rotatable bonds is 4. The van der Waals surface area contributed by atoms with E-state index >= 15 is 0 Å². The molecule has 10 heteroatoms. The minimum absolute atomic E-state index is 0.0167. The average Bonchev–Trinajstić information content (AvgIpc) is 2.58. The summed E-state index contributed by atoms with van der Waals surface area (Å²) in [6.07, 6.45) is 0. The molecule has 3 rings (SSSR count). The van der Waals surface area contributed by atoms with Crippen LogP contribution < -0.4 is 0 Å². The molecule has 0 saturated heterocycles. The van der Waals surface area contributed by atoms with E-state index in [9.17, 15) is 23.2 Å². The van der Waals surface area contributed by atoms with Crippen molar-refractivity contribution >= 4 is 56.5 Å². The van der Waals surface area contributed by atoms with Gasteiger partial charge in [-0.2, -0.15) is 8.42 Å². The maximum atomic E-state index is 13.0. The van der Waals surface area contributed by atoms with E-state index in [2.05, 4.69) is 0 Å². The molecule has 0 aliphatic carbocycles. The van der Waals surface area contributed by atoms with Crippen LogP contribution in [0.25, 0.3) is 0 Å². The first kappa shape index (κ1) is 22.0. The Kier molecular flexibility index (Phi) is 5.98. The molecule has 0 bridgehead atoms. The van der Waals surface area contributed by atoms with Gasteiger partial charge < -0.3 is 10.2 Å². The van der Waals surface area contributed by atoms with Crippen LogP contribution in [0.5, 0.6) is 11.5 Å². The van der Waals surface area contributed by atoms with E-state index in [-0.39, 0.29) is 25.7 Å². The number of benzene rings is 3. The molecule has 0 aliphatic heterocycles. The number of hydrogen-bond donors (Lipinski definition) is 3. The van der Waals surface area contributed by atoms with Crippen molar-refractivity contribution in [3.63, 3.8) is 0 Å². The zero-order chi connectivity index (χ0) is 21.6. The average molecular weight is 494 g/mol. The molecule has 3 N–H and O–H groups in total. The van der Waals surface area contributed by atoms with Gasteiger partial charge in [-0.15, -0.1) is 0 Å². The third kappa shape index (κ3) is 3.54. The van der Waals surface area contributed by atoms with Crippen LogP contribution in [-0.4, -0.2) is 23.2 Å². The van der Waals surface area contributed by atoms with Gasteiger partial charge in [0.1, 0.15) is 11.5 Å². The molecule has 0 aromatic heterocycles. The van der Waals surface area contributed by atoms with E-state index in [0.717, 1.165) is 6.07 Å². The molecule has 0 spiro atoms. The van der Waals surface area contributed by atoms with Crippen molar-refractivity contribution in [1.29, 1.82) is 0 Å². The van der Waals surface area contributed by atoms with Gasteiger partial charge in [0.2, 0.25) is 0 Å². The molecule has 29 heavy (non-hydrogen) atoms. The second-order valence-electron chi connectivity index (χ2n) is 6.05. The Labute approximate surface area is 186 Å². The molecule has 0 heterocycles. The number of halogens is 4. The van der Waals surface area contributed by atoms with Crippen molar-refractivity contribution in [3.05, 3.63) is 91.4 Å². The molecular formula is C19H12Cl4O5S. The third-order valence-electron chi connectivity index (χ3n) is 4.37. The second-order valence-corrected chi connectivity index (χ2v) is 9.27. The lowest BCUT2D eigenvalue weighted by molar-refractivity contribution is 0.428. The predicted molar refractivity (Wildman–Crippen MR) is 114 cm³/mol. The fraction of sp³-hybridized carbons (Fsp3) is 0.0526. The Morgan fingerprint density at radius 3 is 1.86 bits per heavy atom. The largest absolute Gasteiger partial charge is 0.508 e. The first-order valence-electron chi connectivity index (χ1n) is 7.90. The summed E-state index contributed by atoms with van der Waals surface area (Å²) in [6.45, 7) is 0. The van der Waals surface area contributed by atoms with Gasteiger partial charge in [0, 0.05) is 31.8 Å². The van der Waals surface area contributed by atoms with Crippen LogP contribution in [0.2, 0.25) is 20.1 Å². The lowest BCUT2D eigenvalue weighted by Crippen LogP contribution is -2.39. The normalized spacial score (nSPS) is 13.8. The topological polar surface area (TPSA) is 94.8 Å². The Balaban J connectivity index is 2.71. The summed E-state index contributed by atoms with van der Waals surface area (Å²) in [5.41, 5.74) is -1.09. The van der Waals surface area contributed by atoms with Gasteiger partial charge in [-0.3, -0.25) is 4.55 Å². The van der Waals surface area contributed by atoms with E-state index in [1.54, 1.807) is 0 Å². The van der Waals surface area contributed by atoms with Crippen LogP contribution >= 0.6 is 46.4 Å². The molecule has 0 radical (unpaired) electrons. The van der Waals surface area contributed by atoms with Crippen molar-refractivity contribution in [3.8, 4) is 11.5 Å². The molecule has 3 aromatic rings. The van der Waals surface area contributed by atoms with Crippen molar-refractivity contribution < 1.29 is 23.2 Å². The van der Waals surface area contributed by atoms with E-state index in [4.69, 9.17) is 46.4 Å². The van der Waals surface area contributed by atoms with Gasteiger partial charge in [-0.25, -0.2) is 0 Å². The van der Waals surface area contributed by atoms with Crippen LogP contribution in [0, 0.1) is 0 Å². The lowest BCUT2D eigenvalue weighted by Gasteiger charge is -2.35. The molecule has 0 aliphatic rings. The fourth-order valence-electron chi connectivity index (χ4n) is 3.31. The van der Waals surface area contributed by atoms with Crippen molar-refractivity contribution in [2.45, 2.75) is 4.75 Å². The molecular weight excluding hydrogens is 482 g/mol. The number of phenolic OH excluding ortho intramolecular Hbond substituents is 2. The summed E-state index contributed by atoms with van der Waals surface area (Å²) in [6, 6.07) is 11.8. The summed E-state index contributed by atoms with van der Waals surface area (Å²) >= 11 is 24.8. The van der Waals surface area contributed by atoms with Gasteiger partial charge in [-0.05, 0) is 30.3 Å². The van der Waals surface area contributed by atoms with E-state index in [0.29, 0.717) is 0 Å². The first-order valence-corrected chi connectivity index (χ1v) is 10.9. The van der Waals surface area contributed by atoms with Crippen LogP contribution in [0.15, 0.2) is 54.6 Å². The summed E-state index contributed by atoms with van der Waals surface area (Å²) < 4.78 is 33.9. The molecule has 1 unspecified atom stereocenters. The molecule has 5 nitrogen and oxygen atoms in total. The molecule has 1 atom stereocenters. The first-order chi connectivity index (χ1) is 13.5. The highest BCUT2D eigenvalue weighted by molar-refractivity contribution is 7.87. The Bertz CT molecular complexity index is 1170. The zero-order valence-electron chi connectivity index (χ0n) is 14.3. The second kappa shape index (κ2) is 7.87. The Hall–Kier alpha value is -1.67. The molecule has 3 aromatic carbocycles. The van der Waals surface area contributed by atoms with Crippen molar-refractivity contribution in [2.24, 2.45) is 0 Å². The highest BCUT2D eigenvalue weighted by Gasteiger charge is 2.54. The minimum atomic E-state index is -5.23. The smallest absolute Gasteiger partial charge is 0.283 e. The Morgan fingerprint density at radius 2 is 1.31 bits per heavy atom. The van der Waals surface area contributed by atoms with Crippen molar-refractivity contribution in [1.82, 2.24) is 0 Å². The van der Waals surface area contributed by atoms with Crippen molar-refractivity contribution in [2.75, 3.05) is 0 Å². The van der Waals surface area contributed by atoms with Crippen LogP contribution in [0.4, 0.5) is 0 Å². The maximum Gasteiger partial charge on any atom is 0.283 e. The summed E-state index contributed by atoms with van der Waals surface area (Å²) in [4.78, 5) is 0. The summed E-state index contributed by atoms with van der Waals surface area (Å²) in [5.74, 6) is -1.22. The SMILES string of the molecule is O=S(=O)(O)C(c1ccccc1Cl)(c1c(O)cccc1Cl)c1c(O)cc(Cl)cc1Cl. The number of hydrogen-bond acceptors (Lipinski definition) is 4. The molecule has 0 saturated carbocycles. The van der Waals surface area contributed by atoms with E-state index < -0.39 is 37.5 Å². The van der Waals surface area contributed by atoms with Crippen LogP contribution in [-0.2, 0) is 14.9 Å². The summed E-state index contributed by atoms with van der Waals surface area (Å²) in [7, 11) is -5.23. The predicted octanol–water partition coefficient (Wildman–Crippen LogP) is 5.89. The molecule has 0 fully saturated rings. The van der Waals surface area contributed by atoms with Crippen LogP contribution in [0.3, 0.4) is 0 Å². The standard InChI is InChI=1S/C19H12Cl4O5S/c20-10-8-14(23)18(16(25)9-10)19(29(26,27)28,11-4-1-2-5-12(11)21)17-13(22)6-3-7-15(17)24/h1-9,24-25H,(H,26,27,28). The number of aromatic hydroxyl groups is 2. The fourth-order valence-corrected chi connectivity index (χ4v) is 6.09. The van der Waals surface area contributed by atoms with Crippen LogP contribution in [0.1, 0.15) is 16.7 Å². The minimum Gasteiger partial charge on any atom is -0.508 e. The van der Waals surface area contributed by atoms with Gasteiger partial charge in [0.05, 0.1) is 5.02 Å². The zero-order valence-corrected chi connectivity index (χ0v) is 18.1. The highest BCUT2D eigenvalue weighted by Crippen LogP contribution is 2.55. The monoisotopic (exact) mass is 492 g/mol. The van der Waals surface area contributed by atoms with Gasteiger partial charge in [0.15, 0.2) is 4.75 Å². The Morgan fingerprint density at radius 1 is 0.724 bits per heavy atom. The maximum absolute atomic E-state index is 13.0. The van der Waals surface area contributed by atoms with E-state index in [1.165, 1.54) is 48.5 Å². The highest BCUT2D eigenvalue weighted by atomic mass is 35.5. The van der Waals surface area contributed by atoms with Gasteiger partial charge >= 0.3 is 0 Å².